The van der Waals surface area contributed by atoms with Crippen LogP contribution in [0.4, 0.5) is 0 Å². The normalized spacial score (nSPS) is 35.2. The summed E-state index contributed by atoms with van der Waals surface area (Å²) in [5, 5.41) is 10.0. The first kappa shape index (κ1) is 13.9. The maximum absolute atomic E-state index is 10.0. The standard InChI is InChI=1S/C11H22O5/c1-4-5-15-6-8-10(12)11(14-3)9(13-2)7-16-8/h8-12H,4-7H2,1-3H3/t8-,9+,10-,11-/m1/s1. The molecule has 0 aliphatic carbocycles. The van der Waals surface area contributed by atoms with Gasteiger partial charge in [0.25, 0.3) is 0 Å². The van der Waals surface area contributed by atoms with E-state index in [0.717, 1.165) is 6.42 Å². The Morgan fingerprint density at radius 3 is 2.62 bits per heavy atom. The first-order chi connectivity index (χ1) is 7.74. The van der Waals surface area contributed by atoms with Crippen molar-refractivity contribution in [1.82, 2.24) is 0 Å². The third-order valence-electron chi connectivity index (χ3n) is 2.76. The average molecular weight is 234 g/mol. The SMILES string of the molecule is CCCOC[C@H]1OC[C@H](OC)[C@@H](OC)[C@@H]1O. The van der Waals surface area contributed by atoms with Crippen LogP contribution in [0.2, 0.25) is 0 Å². The van der Waals surface area contributed by atoms with Gasteiger partial charge in [-0.1, -0.05) is 6.92 Å². The van der Waals surface area contributed by atoms with Gasteiger partial charge in [0, 0.05) is 20.8 Å². The Labute approximate surface area is 96.6 Å². The lowest BCUT2D eigenvalue weighted by Crippen LogP contribution is -2.55. The minimum absolute atomic E-state index is 0.220. The first-order valence-electron chi connectivity index (χ1n) is 5.67. The van der Waals surface area contributed by atoms with Crippen molar-refractivity contribution in [3.05, 3.63) is 0 Å². The fourth-order valence-corrected chi connectivity index (χ4v) is 1.83. The topological polar surface area (TPSA) is 57.2 Å². The van der Waals surface area contributed by atoms with Crippen molar-refractivity contribution in [2.75, 3.05) is 34.0 Å². The third kappa shape index (κ3) is 3.40. The monoisotopic (exact) mass is 234 g/mol. The molecule has 0 amide bonds. The van der Waals surface area contributed by atoms with Crippen LogP contribution in [0.5, 0.6) is 0 Å². The van der Waals surface area contributed by atoms with Crippen LogP contribution in [0.1, 0.15) is 13.3 Å². The summed E-state index contributed by atoms with van der Waals surface area (Å²) in [5.41, 5.74) is 0. The second kappa shape index (κ2) is 7.19. The zero-order valence-electron chi connectivity index (χ0n) is 10.2. The molecule has 1 fully saturated rings. The number of rotatable bonds is 6. The second-order valence-corrected chi connectivity index (χ2v) is 3.91. The highest BCUT2D eigenvalue weighted by Crippen LogP contribution is 2.20. The number of aliphatic hydroxyl groups excluding tert-OH is 1. The van der Waals surface area contributed by atoms with Gasteiger partial charge in [-0.2, -0.15) is 0 Å². The molecule has 0 saturated carbocycles. The van der Waals surface area contributed by atoms with E-state index in [9.17, 15) is 5.11 Å². The lowest BCUT2D eigenvalue weighted by molar-refractivity contribution is -0.213. The number of aliphatic hydroxyl groups is 1. The van der Waals surface area contributed by atoms with Crippen LogP contribution >= 0.6 is 0 Å². The van der Waals surface area contributed by atoms with E-state index in [1.165, 1.54) is 0 Å². The second-order valence-electron chi connectivity index (χ2n) is 3.91. The Hall–Kier alpha value is -0.200. The molecule has 1 aliphatic rings. The molecule has 1 rings (SSSR count). The van der Waals surface area contributed by atoms with Crippen molar-refractivity contribution in [2.24, 2.45) is 0 Å². The minimum atomic E-state index is -0.708. The van der Waals surface area contributed by atoms with Gasteiger partial charge in [-0.3, -0.25) is 0 Å². The van der Waals surface area contributed by atoms with E-state index in [2.05, 4.69) is 0 Å². The van der Waals surface area contributed by atoms with Crippen LogP contribution in [-0.4, -0.2) is 63.6 Å². The van der Waals surface area contributed by atoms with Crippen LogP contribution in [0.25, 0.3) is 0 Å². The largest absolute Gasteiger partial charge is 0.387 e. The molecule has 5 heteroatoms. The number of hydrogen-bond donors (Lipinski definition) is 1. The van der Waals surface area contributed by atoms with E-state index in [1.807, 2.05) is 6.92 Å². The Bertz CT molecular complexity index is 185. The van der Waals surface area contributed by atoms with Crippen LogP contribution < -0.4 is 0 Å². The van der Waals surface area contributed by atoms with Gasteiger partial charge in [-0.05, 0) is 6.42 Å². The summed E-state index contributed by atoms with van der Waals surface area (Å²) in [5.74, 6) is 0. The smallest absolute Gasteiger partial charge is 0.114 e. The number of hydrogen-bond acceptors (Lipinski definition) is 5. The Morgan fingerprint density at radius 1 is 1.31 bits per heavy atom. The predicted octanol–water partition coefficient (Wildman–Crippen LogP) is 0.203. The molecule has 4 atom stereocenters. The Kier molecular flexibility index (Phi) is 6.23. The molecule has 0 aromatic rings. The van der Waals surface area contributed by atoms with E-state index in [-0.39, 0.29) is 18.3 Å². The summed E-state index contributed by atoms with van der Waals surface area (Å²) >= 11 is 0. The van der Waals surface area contributed by atoms with Gasteiger partial charge in [0.05, 0.1) is 13.2 Å². The van der Waals surface area contributed by atoms with Gasteiger partial charge in [-0.15, -0.1) is 0 Å². The van der Waals surface area contributed by atoms with Gasteiger partial charge in [0.1, 0.15) is 24.4 Å². The van der Waals surface area contributed by atoms with Crippen LogP contribution in [0, 0.1) is 0 Å². The zero-order chi connectivity index (χ0) is 12.0. The van der Waals surface area contributed by atoms with E-state index in [0.29, 0.717) is 19.8 Å². The summed E-state index contributed by atoms with van der Waals surface area (Å²) < 4.78 is 21.3. The van der Waals surface area contributed by atoms with Crippen molar-refractivity contribution in [3.8, 4) is 0 Å². The molecule has 1 saturated heterocycles. The molecule has 0 aromatic carbocycles. The highest BCUT2D eigenvalue weighted by molar-refractivity contribution is 4.88. The molecule has 5 nitrogen and oxygen atoms in total. The molecule has 0 radical (unpaired) electrons. The van der Waals surface area contributed by atoms with Crippen molar-refractivity contribution >= 4 is 0 Å². The highest BCUT2D eigenvalue weighted by Gasteiger charge is 2.39. The van der Waals surface area contributed by atoms with E-state index in [1.54, 1.807) is 14.2 Å². The van der Waals surface area contributed by atoms with Crippen molar-refractivity contribution in [1.29, 1.82) is 0 Å². The molecule has 0 bridgehead atoms. The zero-order valence-corrected chi connectivity index (χ0v) is 10.2. The first-order valence-corrected chi connectivity index (χ1v) is 5.67. The number of ether oxygens (including phenoxy) is 4. The fourth-order valence-electron chi connectivity index (χ4n) is 1.83. The summed E-state index contributed by atoms with van der Waals surface area (Å²) in [7, 11) is 3.15. The van der Waals surface area contributed by atoms with E-state index < -0.39 is 6.10 Å². The minimum Gasteiger partial charge on any atom is -0.387 e. The highest BCUT2D eigenvalue weighted by atomic mass is 16.6. The number of methoxy groups -OCH3 is 2. The molecule has 1 heterocycles. The van der Waals surface area contributed by atoms with Gasteiger partial charge in [0.15, 0.2) is 0 Å². The van der Waals surface area contributed by atoms with E-state index in [4.69, 9.17) is 18.9 Å². The summed E-state index contributed by atoms with van der Waals surface area (Å²) in [6.45, 7) is 3.53. The van der Waals surface area contributed by atoms with Gasteiger partial charge >= 0.3 is 0 Å². The lowest BCUT2D eigenvalue weighted by atomic mass is 10.0. The van der Waals surface area contributed by atoms with Crippen LogP contribution in [-0.2, 0) is 18.9 Å². The maximum Gasteiger partial charge on any atom is 0.114 e. The van der Waals surface area contributed by atoms with Crippen molar-refractivity contribution in [3.63, 3.8) is 0 Å². The van der Waals surface area contributed by atoms with Gasteiger partial charge < -0.3 is 24.1 Å². The van der Waals surface area contributed by atoms with Crippen LogP contribution in [0.3, 0.4) is 0 Å². The van der Waals surface area contributed by atoms with Crippen LogP contribution in [0.15, 0.2) is 0 Å². The average Bonchev–Trinajstić information content (AvgIpc) is 2.31. The quantitative estimate of drug-likeness (QED) is 0.665. The molecule has 1 aliphatic heterocycles. The van der Waals surface area contributed by atoms with Crippen molar-refractivity contribution in [2.45, 2.75) is 37.8 Å². The predicted molar refractivity (Wildman–Crippen MR) is 58.5 cm³/mol. The Balaban J connectivity index is 2.43. The third-order valence-corrected chi connectivity index (χ3v) is 2.76. The summed E-state index contributed by atoms with van der Waals surface area (Å²) in [6, 6.07) is 0. The Morgan fingerprint density at radius 2 is 2.06 bits per heavy atom. The molecule has 96 valence electrons. The molecule has 0 spiro atoms. The summed E-state index contributed by atoms with van der Waals surface area (Å²) in [6.07, 6.45) is -0.656. The van der Waals surface area contributed by atoms with E-state index >= 15 is 0 Å². The maximum atomic E-state index is 10.0. The van der Waals surface area contributed by atoms with Crippen molar-refractivity contribution < 1.29 is 24.1 Å². The van der Waals surface area contributed by atoms with Gasteiger partial charge in [-0.25, -0.2) is 0 Å². The molecular formula is C11H22O5. The van der Waals surface area contributed by atoms with Gasteiger partial charge in [0.2, 0.25) is 0 Å². The summed E-state index contributed by atoms with van der Waals surface area (Å²) in [4.78, 5) is 0. The molecular weight excluding hydrogens is 212 g/mol. The molecule has 16 heavy (non-hydrogen) atoms. The molecule has 1 N–H and O–H groups in total. The lowest BCUT2D eigenvalue weighted by Gasteiger charge is -2.38. The molecule has 0 unspecified atom stereocenters. The fraction of sp³-hybridized carbons (Fsp3) is 1.00. The molecule has 0 aromatic heterocycles.